The predicted octanol–water partition coefficient (Wildman–Crippen LogP) is 7.06. The van der Waals surface area contributed by atoms with Gasteiger partial charge in [0.1, 0.15) is 29.7 Å². The van der Waals surface area contributed by atoms with E-state index in [1.165, 1.54) is 5.56 Å². The van der Waals surface area contributed by atoms with Gasteiger partial charge < -0.3 is 14.8 Å². The minimum absolute atomic E-state index is 0.0142. The summed E-state index contributed by atoms with van der Waals surface area (Å²) in [5, 5.41) is 14.5. The van der Waals surface area contributed by atoms with E-state index in [0.717, 1.165) is 16.3 Å². The Morgan fingerprint density at radius 1 is 0.972 bits per heavy atom. The average Bonchev–Trinajstić information content (AvgIpc) is 2.88. The van der Waals surface area contributed by atoms with Crippen LogP contribution in [-0.2, 0) is 11.4 Å². The first kappa shape index (κ1) is 24.6. The zero-order valence-corrected chi connectivity index (χ0v) is 20.6. The van der Waals surface area contributed by atoms with Gasteiger partial charge in [-0.05, 0) is 73.5 Å². The van der Waals surface area contributed by atoms with Crippen molar-refractivity contribution in [2.24, 2.45) is 0 Å². The zero-order valence-electron chi connectivity index (χ0n) is 20.6. The van der Waals surface area contributed by atoms with Gasteiger partial charge in [-0.25, -0.2) is 0 Å². The molecule has 0 atom stereocenters. The van der Waals surface area contributed by atoms with Gasteiger partial charge in [-0.15, -0.1) is 0 Å². The number of anilines is 1. The van der Waals surface area contributed by atoms with Crippen molar-refractivity contribution in [3.63, 3.8) is 0 Å². The lowest BCUT2D eigenvalue weighted by Gasteiger charge is -2.15. The van der Waals surface area contributed by atoms with Gasteiger partial charge in [0, 0.05) is 11.3 Å². The van der Waals surface area contributed by atoms with Crippen molar-refractivity contribution in [2.75, 3.05) is 5.32 Å². The van der Waals surface area contributed by atoms with Gasteiger partial charge in [0.15, 0.2) is 0 Å². The van der Waals surface area contributed by atoms with Gasteiger partial charge in [-0.2, -0.15) is 5.26 Å². The van der Waals surface area contributed by atoms with Crippen LogP contribution in [0.25, 0.3) is 16.8 Å². The average molecular weight is 477 g/mol. The highest BCUT2D eigenvalue weighted by Gasteiger charge is 2.14. The Kier molecular flexibility index (Phi) is 7.67. The van der Waals surface area contributed by atoms with Crippen LogP contribution in [0.4, 0.5) is 5.69 Å². The maximum Gasteiger partial charge on any atom is 0.266 e. The van der Waals surface area contributed by atoms with Crippen molar-refractivity contribution in [3.8, 4) is 17.6 Å². The van der Waals surface area contributed by atoms with Crippen LogP contribution in [0.15, 0.2) is 90.5 Å². The molecule has 0 saturated carbocycles. The highest BCUT2D eigenvalue weighted by Crippen LogP contribution is 2.31. The van der Waals surface area contributed by atoms with Gasteiger partial charge in [-0.1, -0.05) is 60.2 Å². The summed E-state index contributed by atoms with van der Waals surface area (Å²) in [5.41, 5.74) is 3.54. The fourth-order valence-electron chi connectivity index (χ4n) is 3.76. The molecule has 5 nitrogen and oxygen atoms in total. The van der Waals surface area contributed by atoms with E-state index in [0.29, 0.717) is 29.4 Å². The van der Waals surface area contributed by atoms with Crippen molar-refractivity contribution < 1.29 is 14.3 Å². The molecular formula is C31H28N2O3. The number of hydrogen-bond donors (Lipinski definition) is 1. The number of ether oxygens (including phenoxy) is 2. The lowest BCUT2D eigenvalue weighted by Crippen LogP contribution is -2.13. The first-order valence-electron chi connectivity index (χ1n) is 11.8. The first-order valence-corrected chi connectivity index (χ1v) is 11.8. The molecule has 0 aromatic heterocycles. The number of nitrogens with zero attached hydrogens (tertiary/aromatic N) is 1. The van der Waals surface area contributed by atoms with E-state index in [2.05, 4.69) is 5.32 Å². The Morgan fingerprint density at radius 2 is 1.69 bits per heavy atom. The topological polar surface area (TPSA) is 71.3 Å². The minimum Gasteiger partial charge on any atom is -0.490 e. The predicted molar refractivity (Wildman–Crippen MR) is 144 cm³/mol. The van der Waals surface area contributed by atoms with Crippen LogP contribution in [-0.4, -0.2) is 12.0 Å². The standard InChI is InChI=1S/C31H28N2O3/c1-21(2)36-30-17-12-24-6-4-5-7-28(24)29(30)18-25(19-32)31(34)33-26-13-15-27(16-14-26)35-20-23-10-8-22(3)9-11-23/h4-18,21H,20H2,1-3H3,(H,33,34)/b25-18+. The van der Waals surface area contributed by atoms with Crippen molar-refractivity contribution in [3.05, 3.63) is 107 Å². The number of nitrogens with one attached hydrogen (secondary N) is 1. The fourth-order valence-corrected chi connectivity index (χ4v) is 3.76. The third-order valence-corrected chi connectivity index (χ3v) is 5.59. The molecule has 1 N–H and O–H groups in total. The van der Waals surface area contributed by atoms with Crippen LogP contribution < -0.4 is 14.8 Å². The molecule has 5 heteroatoms. The normalized spacial score (nSPS) is 11.2. The minimum atomic E-state index is -0.491. The van der Waals surface area contributed by atoms with Crippen molar-refractivity contribution in [2.45, 2.75) is 33.5 Å². The summed E-state index contributed by atoms with van der Waals surface area (Å²) < 4.78 is 11.8. The number of benzene rings is 4. The second-order valence-electron chi connectivity index (χ2n) is 8.79. The molecule has 0 bridgehead atoms. The number of carbonyl (C=O) groups is 1. The van der Waals surface area contributed by atoms with Crippen molar-refractivity contribution in [1.82, 2.24) is 0 Å². The van der Waals surface area contributed by atoms with Gasteiger partial charge in [0.25, 0.3) is 5.91 Å². The number of amides is 1. The molecule has 180 valence electrons. The van der Waals surface area contributed by atoms with Gasteiger partial charge in [0.05, 0.1) is 6.10 Å². The molecule has 0 unspecified atom stereocenters. The quantitative estimate of drug-likeness (QED) is 0.218. The molecule has 0 heterocycles. The Hall–Kier alpha value is -4.56. The maximum atomic E-state index is 13.0. The second kappa shape index (κ2) is 11.2. The zero-order chi connectivity index (χ0) is 25.5. The molecule has 36 heavy (non-hydrogen) atoms. The van der Waals surface area contributed by atoms with E-state index >= 15 is 0 Å². The molecule has 1 amide bonds. The number of fused-ring (bicyclic) bond motifs is 1. The monoisotopic (exact) mass is 476 g/mol. The van der Waals surface area contributed by atoms with Crippen LogP contribution in [0, 0.1) is 18.3 Å². The number of nitriles is 1. The van der Waals surface area contributed by atoms with Crippen LogP contribution in [0.5, 0.6) is 11.5 Å². The van der Waals surface area contributed by atoms with Crippen molar-refractivity contribution >= 4 is 28.4 Å². The molecule has 4 aromatic rings. The largest absolute Gasteiger partial charge is 0.490 e. The van der Waals surface area contributed by atoms with Crippen molar-refractivity contribution in [1.29, 1.82) is 5.26 Å². The summed E-state index contributed by atoms with van der Waals surface area (Å²) in [7, 11) is 0. The molecule has 0 radical (unpaired) electrons. The highest BCUT2D eigenvalue weighted by molar-refractivity contribution is 6.11. The van der Waals surface area contributed by atoms with E-state index in [-0.39, 0.29) is 11.7 Å². The van der Waals surface area contributed by atoms with Gasteiger partial charge in [-0.3, -0.25) is 4.79 Å². The number of carbonyl (C=O) groups excluding carboxylic acids is 1. The summed E-state index contributed by atoms with van der Waals surface area (Å²) in [6.07, 6.45) is 1.54. The first-order chi connectivity index (χ1) is 17.4. The lowest BCUT2D eigenvalue weighted by atomic mass is 10.0. The van der Waals surface area contributed by atoms with Gasteiger partial charge in [0.2, 0.25) is 0 Å². The number of rotatable bonds is 8. The second-order valence-corrected chi connectivity index (χ2v) is 8.79. The highest BCUT2D eigenvalue weighted by atomic mass is 16.5. The lowest BCUT2D eigenvalue weighted by molar-refractivity contribution is -0.112. The van der Waals surface area contributed by atoms with E-state index in [4.69, 9.17) is 9.47 Å². The Balaban J connectivity index is 1.51. The molecule has 0 spiro atoms. The summed E-state index contributed by atoms with van der Waals surface area (Å²) in [6, 6.07) is 29.0. The molecule has 0 aliphatic heterocycles. The molecule has 4 rings (SSSR count). The van der Waals surface area contributed by atoms with E-state index < -0.39 is 5.91 Å². The van der Waals surface area contributed by atoms with Crippen LogP contribution >= 0.6 is 0 Å². The summed E-state index contributed by atoms with van der Waals surface area (Å²) in [4.78, 5) is 13.0. The number of aryl methyl sites for hydroxylation is 1. The Labute approximate surface area is 211 Å². The number of hydrogen-bond acceptors (Lipinski definition) is 4. The van der Waals surface area contributed by atoms with E-state index in [1.807, 2.05) is 87.5 Å². The summed E-state index contributed by atoms with van der Waals surface area (Å²) in [6.45, 7) is 6.38. The van der Waals surface area contributed by atoms with Crippen LogP contribution in [0.1, 0.15) is 30.5 Å². The smallest absolute Gasteiger partial charge is 0.266 e. The molecule has 4 aromatic carbocycles. The Morgan fingerprint density at radius 3 is 2.39 bits per heavy atom. The Bertz CT molecular complexity index is 1430. The summed E-state index contributed by atoms with van der Waals surface area (Å²) >= 11 is 0. The van der Waals surface area contributed by atoms with Crippen LogP contribution in [0.2, 0.25) is 0 Å². The third kappa shape index (κ3) is 6.11. The molecule has 0 aliphatic carbocycles. The summed E-state index contributed by atoms with van der Waals surface area (Å²) in [5.74, 6) is 0.824. The fraction of sp³-hybridized carbons (Fsp3) is 0.161. The third-order valence-electron chi connectivity index (χ3n) is 5.59. The van der Waals surface area contributed by atoms with Gasteiger partial charge >= 0.3 is 0 Å². The van der Waals surface area contributed by atoms with E-state index in [9.17, 15) is 10.1 Å². The molecule has 0 fully saturated rings. The molecule has 0 saturated heterocycles. The SMILES string of the molecule is Cc1ccc(COc2ccc(NC(=O)/C(C#N)=C/c3c(OC(C)C)ccc4ccccc34)cc2)cc1. The van der Waals surface area contributed by atoms with E-state index in [1.54, 1.807) is 30.3 Å². The molecular weight excluding hydrogens is 448 g/mol. The molecule has 0 aliphatic rings. The van der Waals surface area contributed by atoms with Crippen LogP contribution in [0.3, 0.4) is 0 Å². The maximum absolute atomic E-state index is 13.0.